The zero-order valence-electron chi connectivity index (χ0n) is 7.60. The van der Waals surface area contributed by atoms with Gasteiger partial charge in [-0.2, -0.15) is 0 Å². The van der Waals surface area contributed by atoms with Crippen molar-refractivity contribution in [1.29, 1.82) is 0 Å². The van der Waals surface area contributed by atoms with Crippen LogP contribution in [0.1, 0.15) is 33.1 Å². The number of nitrogens with two attached hydrogens (primary N) is 1. The number of hydrogen-bond donors (Lipinski definition) is 2. The first-order chi connectivity index (χ1) is 5.41. The minimum absolute atomic E-state index is 0.725. The molecule has 0 unspecified atom stereocenters. The van der Waals surface area contributed by atoms with Crippen molar-refractivity contribution in [3.8, 4) is 0 Å². The van der Waals surface area contributed by atoms with Crippen molar-refractivity contribution in [3.05, 3.63) is 0 Å². The third kappa shape index (κ3) is 17.7. The molecule has 0 bridgehead atoms. The Morgan fingerprint density at radius 3 is 2.36 bits per heavy atom. The molecule has 0 saturated heterocycles. The first kappa shape index (κ1) is 13.1. The summed E-state index contributed by atoms with van der Waals surface area (Å²) in [4.78, 5) is 9.70. The van der Waals surface area contributed by atoms with Crippen molar-refractivity contribution >= 4 is 6.41 Å². The van der Waals surface area contributed by atoms with Crippen LogP contribution in [-0.2, 0) is 4.79 Å². The van der Waals surface area contributed by atoms with Crippen LogP contribution < -0.4 is 11.1 Å². The molecular formula is C8H20N2O. The highest BCUT2D eigenvalue weighted by Crippen LogP contribution is 1.89. The SMILES string of the molecule is CC.NCCCCCNC=O. The Balaban J connectivity index is 0. The number of hydrogen-bond acceptors (Lipinski definition) is 2. The highest BCUT2D eigenvalue weighted by atomic mass is 16.1. The number of nitrogens with one attached hydrogen (secondary N) is 1. The van der Waals surface area contributed by atoms with Crippen molar-refractivity contribution in [2.45, 2.75) is 33.1 Å². The second-order valence-electron chi connectivity index (χ2n) is 1.92. The van der Waals surface area contributed by atoms with E-state index in [0.29, 0.717) is 0 Å². The van der Waals surface area contributed by atoms with Crippen LogP contribution in [-0.4, -0.2) is 19.5 Å². The molecule has 0 aliphatic carbocycles. The number of unbranched alkanes of at least 4 members (excludes halogenated alkanes) is 2. The van der Waals surface area contributed by atoms with Gasteiger partial charge < -0.3 is 11.1 Å². The number of rotatable bonds is 6. The molecule has 0 atom stereocenters. The minimum Gasteiger partial charge on any atom is -0.359 e. The summed E-state index contributed by atoms with van der Waals surface area (Å²) in [7, 11) is 0. The molecule has 1 amide bonds. The molecule has 0 spiro atoms. The van der Waals surface area contributed by atoms with Crippen molar-refractivity contribution in [1.82, 2.24) is 5.32 Å². The molecule has 0 aromatic heterocycles. The standard InChI is InChI=1S/C6H14N2O.C2H6/c7-4-2-1-3-5-8-6-9;1-2/h6H,1-5,7H2,(H,8,9);1-2H3. The summed E-state index contributed by atoms with van der Waals surface area (Å²) in [5.41, 5.74) is 5.25. The minimum atomic E-state index is 0.725. The van der Waals surface area contributed by atoms with E-state index in [4.69, 9.17) is 5.73 Å². The first-order valence-corrected chi connectivity index (χ1v) is 4.29. The van der Waals surface area contributed by atoms with E-state index >= 15 is 0 Å². The summed E-state index contributed by atoms with van der Waals surface area (Å²) < 4.78 is 0. The molecule has 0 fully saturated rings. The van der Waals surface area contributed by atoms with E-state index in [1.807, 2.05) is 13.8 Å². The number of carbonyl (C=O) groups is 1. The number of amides is 1. The van der Waals surface area contributed by atoms with Crippen LogP contribution in [0, 0.1) is 0 Å². The summed E-state index contributed by atoms with van der Waals surface area (Å²) in [5.74, 6) is 0. The molecule has 0 aromatic carbocycles. The summed E-state index contributed by atoms with van der Waals surface area (Å²) in [6.45, 7) is 5.53. The van der Waals surface area contributed by atoms with E-state index in [1.165, 1.54) is 0 Å². The van der Waals surface area contributed by atoms with Crippen molar-refractivity contribution in [2.24, 2.45) is 5.73 Å². The molecule has 3 N–H and O–H groups in total. The van der Waals surface area contributed by atoms with Crippen LogP contribution in [0.3, 0.4) is 0 Å². The van der Waals surface area contributed by atoms with Crippen LogP contribution in [0.2, 0.25) is 0 Å². The van der Waals surface area contributed by atoms with Gasteiger partial charge in [0, 0.05) is 6.54 Å². The van der Waals surface area contributed by atoms with E-state index in [9.17, 15) is 4.79 Å². The van der Waals surface area contributed by atoms with Gasteiger partial charge in [-0.05, 0) is 19.4 Å². The second-order valence-corrected chi connectivity index (χ2v) is 1.92. The maximum Gasteiger partial charge on any atom is 0.207 e. The molecule has 0 radical (unpaired) electrons. The quantitative estimate of drug-likeness (QED) is 0.448. The lowest BCUT2D eigenvalue weighted by Crippen LogP contribution is -2.12. The van der Waals surface area contributed by atoms with Gasteiger partial charge in [0.2, 0.25) is 6.41 Å². The molecule has 68 valence electrons. The third-order valence-electron chi connectivity index (χ3n) is 1.11. The van der Waals surface area contributed by atoms with Crippen LogP contribution in [0.5, 0.6) is 0 Å². The maximum atomic E-state index is 9.70. The van der Waals surface area contributed by atoms with Crippen molar-refractivity contribution in [2.75, 3.05) is 13.1 Å². The lowest BCUT2D eigenvalue weighted by atomic mass is 10.2. The highest BCUT2D eigenvalue weighted by Gasteiger charge is 1.84. The topological polar surface area (TPSA) is 55.1 Å². The van der Waals surface area contributed by atoms with Crippen LogP contribution >= 0.6 is 0 Å². The lowest BCUT2D eigenvalue weighted by Gasteiger charge is -1.96. The predicted molar refractivity (Wildman–Crippen MR) is 48.3 cm³/mol. The molecule has 0 aliphatic rings. The summed E-state index contributed by atoms with van der Waals surface area (Å²) in [5, 5.41) is 2.59. The summed E-state index contributed by atoms with van der Waals surface area (Å²) in [6, 6.07) is 0. The largest absolute Gasteiger partial charge is 0.359 e. The lowest BCUT2D eigenvalue weighted by molar-refractivity contribution is -0.109. The monoisotopic (exact) mass is 160 g/mol. The Bertz CT molecular complexity index is 67.1. The van der Waals surface area contributed by atoms with Gasteiger partial charge in [-0.15, -0.1) is 0 Å². The zero-order valence-corrected chi connectivity index (χ0v) is 7.60. The Morgan fingerprint density at radius 1 is 1.27 bits per heavy atom. The molecule has 3 nitrogen and oxygen atoms in total. The Kier molecular flexibility index (Phi) is 19.2. The average Bonchev–Trinajstić information content (AvgIpc) is 2.08. The molecule has 0 saturated carbocycles. The van der Waals surface area contributed by atoms with E-state index in [0.717, 1.165) is 38.8 Å². The van der Waals surface area contributed by atoms with E-state index in [1.54, 1.807) is 0 Å². The van der Waals surface area contributed by atoms with Crippen molar-refractivity contribution in [3.63, 3.8) is 0 Å². The Morgan fingerprint density at radius 2 is 1.91 bits per heavy atom. The van der Waals surface area contributed by atoms with Gasteiger partial charge in [0.15, 0.2) is 0 Å². The van der Waals surface area contributed by atoms with Gasteiger partial charge in [0.05, 0.1) is 0 Å². The fourth-order valence-corrected chi connectivity index (χ4v) is 0.607. The summed E-state index contributed by atoms with van der Waals surface area (Å²) >= 11 is 0. The van der Waals surface area contributed by atoms with Gasteiger partial charge >= 0.3 is 0 Å². The second kappa shape index (κ2) is 16.2. The predicted octanol–water partition coefficient (Wildman–Crippen LogP) is 0.888. The molecule has 0 aromatic rings. The third-order valence-corrected chi connectivity index (χ3v) is 1.11. The van der Waals surface area contributed by atoms with E-state index in [-0.39, 0.29) is 0 Å². The molecule has 0 heterocycles. The van der Waals surface area contributed by atoms with Crippen LogP contribution in [0.25, 0.3) is 0 Å². The fraction of sp³-hybridized carbons (Fsp3) is 0.875. The van der Waals surface area contributed by atoms with E-state index in [2.05, 4.69) is 5.32 Å². The van der Waals surface area contributed by atoms with Gasteiger partial charge in [-0.3, -0.25) is 4.79 Å². The van der Waals surface area contributed by atoms with Crippen molar-refractivity contribution < 1.29 is 4.79 Å². The fourth-order valence-electron chi connectivity index (χ4n) is 0.607. The first-order valence-electron chi connectivity index (χ1n) is 4.29. The van der Waals surface area contributed by atoms with Crippen LogP contribution in [0.4, 0.5) is 0 Å². The van der Waals surface area contributed by atoms with Gasteiger partial charge in [0.1, 0.15) is 0 Å². The van der Waals surface area contributed by atoms with E-state index < -0.39 is 0 Å². The highest BCUT2D eigenvalue weighted by molar-refractivity contribution is 5.45. The molecular weight excluding hydrogens is 140 g/mol. The average molecular weight is 160 g/mol. The summed E-state index contributed by atoms with van der Waals surface area (Å²) in [6.07, 6.45) is 3.93. The molecule has 0 aliphatic heterocycles. The maximum absolute atomic E-state index is 9.70. The molecule has 3 heteroatoms. The molecule has 11 heavy (non-hydrogen) atoms. The molecule has 0 rings (SSSR count). The van der Waals surface area contributed by atoms with Gasteiger partial charge in [-0.25, -0.2) is 0 Å². The Hall–Kier alpha value is -0.570. The van der Waals surface area contributed by atoms with Gasteiger partial charge in [0.25, 0.3) is 0 Å². The smallest absolute Gasteiger partial charge is 0.207 e. The zero-order chi connectivity index (χ0) is 8.95. The normalized spacial score (nSPS) is 7.91. The Labute approximate surface area is 69.4 Å². The van der Waals surface area contributed by atoms with Crippen LogP contribution in [0.15, 0.2) is 0 Å². The number of carbonyl (C=O) groups excluding carboxylic acids is 1. The van der Waals surface area contributed by atoms with Gasteiger partial charge in [-0.1, -0.05) is 20.3 Å².